The van der Waals surface area contributed by atoms with Gasteiger partial charge in [0.25, 0.3) is 0 Å². The van der Waals surface area contributed by atoms with E-state index in [1.807, 2.05) is 0 Å². The third-order valence-electron chi connectivity index (χ3n) is 5.58. The molecule has 0 amide bonds. The van der Waals surface area contributed by atoms with Crippen LogP contribution in [-0.4, -0.2) is 20.3 Å². The zero-order valence-electron chi connectivity index (χ0n) is 18.3. The largest absolute Gasteiger partial charge is 0.432 e. The summed E-state index contributed by atoms with van der Waals surface area (Å²) in [7, 11) is 0. The van der Waals surface area contributed by atoms with Crippen molar-refractivity contribution in [2.75, 3.05) is 0 Å². The molecule has 0 N–H and O–H groups in total. The average Bonchev–Trinajstić information content (AvgIpc) is 3.44. The van der Waals surface area contributed by atoms with E-state index in [0.29, 0.717) is 16.3 Å². The molecule has 0 unspecified atom stereocenters. The number of hydrogen-bond donors (Lipinski definition) is 0. The fourth-order valence-electron chi connectivity index (χ4n) is 4.04. The van der Waals surface area contributed by atoms with Crippen molar-refractivity contribution in [1.29, 1.82) is 0 Å². The molecule has 0 aliphatic rings. The van der Waals surface area contributed by atoms with Gasteiger partial charge in [-0.1, -0.05) is 41.4 Å². The van der Waals surface area contributed by atoms with Crippen molar-refractivity contribution in [3.05, 3.63) is 106 Å². The van der Waals surface area contributed by atoms with Gasteiger partial charge in [-0.05, 0) is 48.9 Å². The van der Waals surface area contributed by atoms with E-state index < -0.39 is 23.2 Å². The molecule has 5 rings (SSSR count). The number of ketones is 1. The smallest absolute Gasteiger partial charge is 0.431 e. The molecule has 5 nitrogen and oxygen atoms in total. The Kier molecular flexibility index (Phi) is 5.68. The van der Waals surface area contributed by atoms with E-state index in [1.54, 1.807) is 67.6 Å². The topological polar surface area (TPSA) is 60.9 Å². The summed E-state index contributed by atoms with van der Waals surface area (Å²) in [5, 5.41) is 0.662. The minimum Gasteiger partial charge on any atom is -0.431 e. The van der Waals surface area contributed by atoms with E-state index in [0.717, 1.165) is 16.3 Å². The van der Waals surface area contributed by atoms with E-state index >= 15 is 0 Å². The van der Waals surface area contributed by atoms with Crippen LogP contribution in [0.1, 0.15) is 32.9 Å². The summed E-state index contributed by atoms with van der Waals surface area (Å²) < 4.78 is 50.2. The van der Waals surface area contributed by atoms with E-state index in [9.17, 15) is 18.0 Å². The highest BCUT2D eigenvalue weighted by Gasteiger charge is 2.42. The average molecular weight is 496 g/mol. The molecule has 0 fully saturated rings. The third kappa shape index (κ3) is 4.33. The minimum atomic E-state index is -4.81. The number of nitrogens with zero attached hydrogens (tertiary/aromatic N) is 3. The van der Waals surface area contributed by atoms with Crippen LogP contribution in [0.4, 0.5) is 13.2 Å². The minimum absolute atomic E-state index is 0.0450. The van der Waals surface area contributed by atoms with Gasteiger partial charge in [-0.2, -0.15) is 13.2 Å². The SMILES string of the molecule is Cc1ccc2c(c1)c(C(=O)c1cnc(-c3ccccn3)o1)c(C(F)(F)F)n2Cc1ccc(Cl)cc1. The maximum Gasteiger partial charge on any atom is 0.432 e. The Bertz CT molecular complexity index is 1540. The number of carbonyl (C=O) groups excluding carboxylic acids is 1. The second-order valence-corrected chi connectivity index (χ2v) is 8.46. The van der Waals surface area contributed by atoms with Gasteiger partial charge in [-0.25, -0.2) is 4.98 Å². The number of pyridine rings is 1. The summed E-state index contributed by atoms with van der Waals surface area (Å²) in [4.78, 5) is 21.7. The van der Waals surface area contributed by atoms with Gasteiger partial charge in [0.05, 0.1) is 11.8 Å². The zero-order valence-corrected chi connectivity index (χ0v) is 19.1. The normalized spacial score (nSPS) is 11.8. The van der Waals surface area contributed by atoms with Crippen molar-refractivity contribution in [3.63, 3.8) is 0 Å². The van der Waals surface area contributed by atoms with E-state index in [4.69, 9.17) is 16.0 Å². The van der Waals surface area contributed by atoms with Gasteiger partial charge in [-0.3, -0.25) is 9.78 Å². The standard InChI is InChI=1S/C26H17ClF3N3O2/c1-15-5-10-20-18(12-15)22(23(34)21-13-32-25(35-21)19-4-2-3-11-31-19)24(26(28,29)30)33(20)14-16-6-8-17(27)9-7-16/h2-13H,14H2,1H3. The molecule has 2 aromatic carbocycles. The molecule has 0 atom stereocenters. The predicted molar refractivity (Wildman–Crippen MR) is 125 cm³/mol. The van der Waals surface area contributed by atoms with E-state index in [2.05, 4.69) is 9.97 Å². The van der Waals surface area contributed by atoms with Gasteiger partial charge < -0.3 is 8.98 Å². The zero-order chi connectivity index (χ0) is 24.7. The number of rotatable bonds is 5. The van der Waals surface area contributed by atoms with E-state index in [1.165, 1.54) is 6.20 Å². The van der Waals surface area contributed by atoms with Crippen molar-refractivity contribution in [1.82, 2.24) is 14.5 Å². The van der Waals surface area contributed by atoms with Gasteiger partial charge in [0, 0.05) is 28.7 Å². The Morgan fingerprint density at radius 2 is 1.83 bits per heavy atom. The highest BCUT2D eigenvalue weighted by atomic mass is 35.5. The Hall–Kier alpha value is -3.91. The fourth-order valence-corrected chi connectivity index (χ4v) is 4.17. The highest BCUT2D eigenvalue weighted by molar-refractivity contribution is 6.30. The second-order valence-electron chi connectivity index (χ2n) is 8.03. The molecular formula is C26H17ClF3N3O2. The molecule has 35 heavy (non-hydrogen) atoms. The summed E-state index contributed by atoms with van der Waals surface area (Å²) in [6.07, 6.45) is -2.16. The summed E-state index contributed by atoms with van der Waals surface area (Å²) in [5.41, 5.74) is 0.446. The van der Waals surface area contributed by atoms with Gasteiger partial charge in [0.1, 0.15) is 11.4 Å². The van der Waals surface area contributed by atoms with Crippen LogP contribution in [-0.2, 0) is 12.7 Å². The van der Waals surface area contributed by atoms with Crippen LogP contribution in [0.15, 0.2) is 77.5 Å². The lowest BCUT2D eigenvalue weighted by Gasteiger charge is -2.15. The summed E-state index contributed by atoms with van der Waals surface area (Å²) >= 11 is 5.94. The monoisotopic (exact) mass is 495 g/mol. The quantitative estimate of drug-likeness (QED) is 0.247. The lowest BCUT2D eigenvalue weighted by Crippen LogP contribution is -2.18. The fraction of sp³-hybridized carbons (Fsp3) is 0.115. The number of hydrogen-bond acceptors (Lipinski definition) is 4. The van der Waals surface area contributed by atoms with Crippen LogP contribution in [0, 0.1) is 6.92 Å². The molecule has 3 heterocycles. The molecule has 176 valence electrons. The molecule has 0 aliphatic heterocycles. The number of fused-ring (bicyclic) bond motifs is 1. The Balaban J connectivity index is 1.70. The first-order valence-electron chi connectivity index (χ1n) is 10.6. The Morgan fingerprint density at radius 1 is 1.06 bits per heavy atom. The van der Waals surface area contributed by atoms with Crippen molar-refractivity contribution in [2.45, 2.75) is 19.6 Å². The maximum absolute atomic E-state index is 14.5. The van der Waals surface area contributed by atoms with Crippen molar-refractivity contribution >= 4 is 28.3 Å². The first-order valence-corrected chi connectivity index (χ1v) is 11.0. The molecule has 9 heteroatoms. The first-order chi connectivity index (χ1) is 16.7. The molecular weight excluding hydrogens is 479 g/mol. The maximum atomic E-state index is 14.5. The molecule has 0 saturated carbocycles. The van der Waals surface area contributed by atoms with E-state index in [-0.39, 0.29) is 29.1 Å². The molecule has 5 aromatic rings. The lowest BCUT2D eigenvalue weighted by molar-refractivity contribution is -0.143. The number of halogens is 4. The van der Waals surface area contributed by atoms with Crippen LogP contribution in [0.5, 0.6) is 0 Å². The summed E-state index contributed by atoms with van der Waals surface area (Å²) in [6.45, 7) is 1.65. The number of aromatic nitrogens is 3. The lowest BCUT2D eigenvalue weighted by atomic mass is 10.0. The third-order valence-corrected chi connectivity index (χ3v) is 5.83. The number of oxazole rings is 1. The molecule has 0 aliphatic carbocycles. The van der Waals surface area contributed by atoms with Crippen LogP contribution in [0.3, 0.4) is 0 Å². The molecule has 0 saturated heterocycles. The van der Waals surface area contributed by atoms with Crippen LogP contribution >= 0.6 is 11.6 Å². The Labute approximate surface area is 202 Å². The summed E-state index contributed by atoms with van der Waals surface area (Å²) in [6, 6.07) is 16.4. The summed E-state index contributed by atoms with van der Waals surface area (Å²) in [5.74, 6) is -1.16. The number of carbonyl (C=O) groups is 1. The Morgan fingerprint density at radius 3 is 2.51 bits per heavy atom. The second kappa shape index (κ2) is 8.70. The number of benzene rings is 2. The van der Waals surface area contributed by atoms with Crippen LogP contribution in [0.2, 0.25) is 5.02 Å². The molecule has 3 aromatic heterocycles. The van der Waals surface area contributed by atoms with Crippen molar-refractivity contribution < 1.29 is 22.4 Å². The molecule has 0 spiro atoms. The van der Waals surface area contributed by atoms with Gasteiger partial charge in [0.2, 0.25) is 11.7 Å². The predicted octanol–water partition coefficient (Wildman–Crippen LogP) is 6.95. The first kappa shape index (κ1) is 22.9. The van der Waals surface area contributed by atoms with Crippen molar-refractivity contribution in [3.8, 4) is 11.6 Å². The number of aryl methyl sites for hydroxylation is 1. The number of alkyl halides is 3. The molecule has 0 bridgehead atoms. The van der Waals surface area contributed by atoms with Gasteiger partial charge >= 0.3 is 6.18 Å². The van der Waals surface area contributed by atoms with Crippen molar-refractivity contribution in [2.24, 2.45) is 0 Å². The van der Waals surface area contributed by atoms with Gasteiger partial charge in [0.15, 0.2) is 5.76 Å². The highest BCUT2D eigenvalue weighted by Crippen LogP contribution is 2.40. The van der Waals surface area contributed by atoms with Crippen LogP contribution < -0.4 is 0 Å². The molecule has 0 radical (unpaired) electrons. The van der Waals surface area contributed by atoms with Gasteiger partial charge in [-0.15, -0.1) is 0 Å². The van der Waals surface area contributed by atoms with Crippen LogP contribution in [0.25, 0.3) is 22.5 Å².